The molecule has 8 rings (SSSR count). The minimum absolute atomic E-state index is 0.176. The first-order chi connectivity index (χ1) is 16.2. The minimum Gasteiger partial charge on any atom is -0.192 e. The molecule has 0 aromatic heterocycles. The van der Waals surface area contributed by atoms with E-state index in [1.165, 1.54) is 30.4 Å². The Morgan fingerprint density at radius 2 is 1.00 bits per heavy atom. The Morgan fingerprint density at radius 3 is 1.36 bits per heavy atom. The van der Waals surface area contributed by atoms with Gasteiger partial charge in [-0.15, -0.1) is 0 Å². The van der Waals surface area contributed by atoms with Crippen molar-refractivity contribution < 1.29 is 0 Å². The minimum atomic E-state index is 0.176. The summed E-state index contributed by atoms with van der Waals surface area (Å²) in [6.07, 6.45) is 8.12. The molecule has 158 valence electrons. The Labute approximate surface area is 192 Å². The monoisotopic (exact) mass is 426 g/mol. The average molecular weight is 427 g/mol. The summed E-state index contributed by atoms with van der Waals surface area (Å²) < 4.78 is 0. The van der Waals surface area contributed by atoms with Gasteiger partial charge in [-0.2, -0.15) is 21.0 Å². The maximum Gasteiger partial charge on any atom is 0.137 e. The van der Waals surface area contributed by atoms with Crippen molar-refractivity contribution in [1.82, 2.24) is 0 Å². The van der Waals surface area contributed by atoms with E-state index in [0.29, 0.717) is 23.7 Å². The molecule has 2 aromatic carbocycles. The summed E-state index contributed by atoms with van der Waals surface area (Å²) in [6.45, 7) is 0. The van der Waals surface area contributed by atoms with Crippen LogP contribution in [0.2, 0.25) is 0 Å². The molecule has 0 saturated heterocycles. The van der Waals surface area contributed by atoms with Gasteiger partial charge in [0.25, 0.3) is 0 Å². The second-order valence-electron chi connectivity index (χ2n) is 10.7. The first-order valence-corrected chi connectivity index (χ1v) is 12.2. The van der Waals surface area contributed by atoms with Gasteiger partial charge >= 0.3 is 0 Å². The van der Waals surface area contributed by atoms with Crippen molar-refractivity contribution in [3.05, 3.63) is 44.8 Å². The zero-order valence-corrected chi connectivity index (χ0v) is 18.4. The van der Waals surface area contributed by atoms with Crippen molar-refractivity contribution in [3.63, 3.8) is 0 Å². The second-order valence-corrected chi connectivity index (χ2v) is 10.7. The topological polar surface area (TPSA) is 95.2 Å². The molecular weight excluding hydrogens is 404 g/mol. The van der Waals surface area contributed by atoms with Crippen LogP contribution in [0.4, 0.5) is 0 Å². The summed E-state index contributed by atoms with van der Waals surface area (Å²) in [4.78, 5) is 0. The fraction of sp³-hybridized carbons (Fsp3) is 0.448. The molecule has 0 radical (unpaired) electrons. The summed E-state index contributed by atoms with van der Waals surface area (Å²) >= 11 is 0. The van der Waals surface area contributed by atoms with Gasteiger partial charge in [0, 0.05) is 10.4 Å². The standard InChI is InChI=1S/C29H22N4/c30-10-18(11-31)26-22-8-20-21(25-17-6-5-16(7-17)24(20)25)9-23(22)27(19(12-32)13-33)29-15-2-1-14(3-4-15)28(26)29/h8-9,14-17,24-25H,1-7H2/t14?,15?,16-,17+,24-,25+. The second kappa shape index (κ2) is 6.47. The van der Waals surface area contributed by atoms with Crippen LogP contribution in [0, 0.1) is 57.2 Å². The smallest absolute Gasteiger partial charge is 0.137 e. The molecule has 0 amide bonds. The zero-order valence-electron chi connectivity index (χ0n) is 18.4. The molecule has 6 aliphatic rings. The third-order valence-electron chi connectivity index (χ3n) is 9.72. The van der Waals surface area contributed by atoms with E-state index in [4.69, 9.17) is 0 Å². The van der Waals surface area contributed by atoms with E-state index in [1.807, 2.05) is 0 Å². The number of benzene rings is 2. The summed E-state index contributed by atoms with van der Waals surface area (Å²) in [5, 5.41) is 43.2. The Kier molecular flexibility index (Phi) is 3.71. The fourth-order valence-electron chi connectivity index (χ4n) is 8.60. The van der Waals surface area contributed by atoms with Crippen LogP contribution in [0.5, 0.6) is 0 Å². The molecule has 4 atom stereocenters. The number of nitriles is 4. The molecule has 3 saturated carbocycles. The SMILES string of the molecule is N#CC(C#N)=c1c2c(c(=C(C#N)C#N)c3cc4c(cc13)[C@@H]1[C@H]3CC[C@H](C3)[C@H]41)C1CCC2CC1. The predicted octanol–water partition coefficient (Wildman–Crippen LogP) is 4.60. The number of rotatable bonds is 0. The quantitative estimate of drug-likeness (QED) is 0.615. The lowest BCUT2D eigenvalue weighted by Gasteiger charge is -2.44. The predicted molar refractivity (Wildman–Crippen MR) is 123 cm³/mol. The van der Waals surface area contributed by atoms with Crippen LogP contribution in [-0.2, 0) is 0 Å². The first-order valence-electron chi connectivity index (χ1n) is 12.2. The Hall–Kier alpha value is -3.60. The largest absolute Gasteiger partial charge is 0.192 e. The van der Waals surface area contributed by atoms with Crippen LogP contribution in [0.3, 0.4) is 0 Å². The average Bonchev–Trinajstić information content (AvgIpc) is 3.43. The van der Waals surface area contributed by atoms with Crippen molar-refractivity contribution >= 4 is 21.9 Å². The van der Waals surface area contributed by atoms with Crippen molar-refractivity contribution in [1.29, 1.82) is 21.0 Å². The van der Waals surface area contributed by atoms with Crippen molar-refractivity contribution in [2.24, 2.45) is 11.8 Å². The molecule has 6 aliphatic carbocycles. The Balaban J connectivity index is 1.72. The Morgan fingerprint density at radius 1 is 0.606 bits per heavy atom. The number of hydrogen-bond acceptors (Lipinski definition) is 4. The molecule has 3 fully saturated rings. The highest BCUT2D eigenvalue weighted by Crippen LogP contribution is 2.68. The van der Waals surface area contributed by atoms with E-state index < -0.39 is 0 Å². The van der Waals surface area contributed by atoms with Gasteiger partial charge in [-0.3, -0.25) is 0 Å². The van der Waals surface area contributed by atoms with Crippen LogP contribution in [0.25, 0.3) is 21.9 Å². The van der Waals surface area contributed by atoms with E-state index in [1.54, 1.807) is 0 Å². The van der Waals surface area contributed by atoms with Crippen LogP contribution in [-0.4, -0.2) is 0 Å². The molecule has 2 aromatic rings. The lowest BCUT2D eigenvalue weighted by Crippen LogP contribution is -2.37. The normalized spacial score (nSPS) is 31.3. The molecule has 0 spiro atoms. The molecular formula is C29H22N4. The fourth-order valence-corrected chi connectivity index (χ4v) is 8.60. The summed E-state index contributed by atoms with van der Waals surface area (Å²) in [6, 6.07) is 13.3. The van der Waals surface area contributed by atoms with Gasteiger partial charge in [-0.25, -0.2) is 0 Å². The van der Waals surface area contributed by atoms with Gasteiger partial charge in [0.05, 0.1) is 0 Å². The number of nitrogens with zero attached hydrogens (tertiary/aromatic N) is 4. The summed E-state index contributed by atoms with van der Waals surface area (Å²) in [5.41, 5.74) is 5.30. The lowest BCUT2D eigenvalue weighted by atomic mass is 9.60. The van der Waals surface area contributed by atoms with Crippen molar-refractivity contribution in [2.45, 2.75) is 68.6 Å². The van der Waals surface area contributed by atoms with E-state index >= 15 is 0 Å². The van der Waals surface area contributed by atoms with Gasteiger partial charge in [-0.05, 0) is 126 Å². The molecule has 0 unspecified atom stereocenters. The highest BCUT2D eigenvalue weighted by molar-refractivity contribution is 5.96. The van der Waals surface area contributed by atoms with Gasteiger partial charge in [0.15, 0.2) is 0 Å². The third kappa shape index (κ3) is 2.17. The lowest BCUT2D eigenvalue weighted by molar-refractivity contribution is 0.323. The van der Waals surface area contributed by atoms with E-state index in [0.717, 1.165) is 69.9 Å². The molecule has 0 aliphatic heterocycles. The molecule has 4 bridgehead atoms. The van der Waals surface area contributed by atoms with Gasteiger partial charge in [0.1, 0.15) is 35.4 Å². The molecule has 4 heteroatoms. The molecule has 4 nitrogen and oxygen atoms in total. The summed E-state index contributed by atoms with van der Waals surface area (Å²) in [7, 11) is 0. The number of hydrogen-bond donors (Lipinski definition) is 0. The van der Waals surface area contributed by atoms with Gasteiger partial charge in [0.2, 0.25) is 0 Å². The highest BCUT2D eigenvalue weighted by atomic mass is 14.6. The van der Waals surface area contributed by atoms with Crippen LogP contribution in [0.1, 0.15) is 90.9 Å². The van der Waals surface area contributed by atoms with E-state index in [2.05, 4.69) is 36.4 Å². The molecule has 0 heterocycles. The maximum absolute atomic E-state index is 9.94. The van der Waals surface area contributed by atoms with E-state index in [-0.39, 0.29) is 11.1 Å². The van der Waals surface area contributed by atoms with Crippen LogP contribution < -0.4 is 10.4 Å². The molecule has 33 heavy (non-hydrogen) atoms. The van der Waals surface area contributed by atoms with Gasteiger partial charge in [-0.1, -0.05) is 0 Å². The first kappa shape index (κ1) is 18.9. The molecule has 0 N–H and O–H groups in total. The summed E-state index contributed by atoms with van der Waals surface area (Å²) in [5.74, 6) is 3.32. The Bertz CT molecular complexity index is 1420. The van der Waals surface area contributed by atoms with Crippen LogP contribution in [0.15, 0.2) is 12.1 Å². The van der Waals surface area contributed by atoms with E-state index in [9.17, 15) is 21.0 Å². The van der Waals surface area contributed by atoms with Crippen molar-refractivity contribution in [2.75, 3.05) is 0 Å². The third-order valence-corrected chi connectivity index (χ3v) is 9.72. The van der Waals surface area contributed by atoms with Gasteiger partial charge < -0.3 is 0 Å². The highest BCUT2D eigenvalue weighted by Gasteiger charge is 2.55. The zero-order chi connectivity index (χ0) is 22.4. The van der Waals surface area contributed by atoms with Crippen molar-refractivity contribution in [3.8, 4) is 24.3 Å². The van der Waals surface area contributed by atoms with Crippen LogP contribution >= 0.6 is 0 Å². The maximum atomic E-state index is 9.94. The number of fused-ring (bicyclic) bond motifs is 11.